The molecule has 0 saturated carbocycles. The van der Waals surface area contributed by atoms with Gasteiger partial charge in [0, 0.05) is 5.56 Å². The third-order valence-electron chi connectivity index (χ3n) is 3.41. The minimum absolute atomic E-state index is 0.316. The molecule has 0 spiro atoms. The maximum Gasteiger partial charge on any atom is 0.289 e. The molecule has 3 aromatic rings. The first-order chi connectivity index (χ1) is 11.7. The van der Waals surface area contributed by atoms with E-state index in [0.29, 0.717) is 22.9 Å². The Morgan fingerprint density at radius 1 is 1.29 bits per heavy atom. The van der Waals surface area contributed by atoms with E-state index in [4.69, 9.17) is 9.15 Å². The fourth-order valence-corrected chi connectivity index (χ4v) is 2.08. The van der Waals surface area contributed by atoms with Crippen molar-refractivity contribution in [2.24, 2.45) is 5.10 Å². The van der Waals surface area contributed by atoms with Gasteiger partial charge in [0.15, 0.2) is 0 Å². The molecule has 1 aromatic carbocycles. The van der Waals surface area contributed by atoms with Crippen molar-refractivity contribution in [1.82, 2.24) is 15.6 Å². The number of aromatic nitrogens is 2. The van der Waals surface area contributed by atoms with E-state index in [-0.39, 0.29) is 5.91 Å². The van der Waals surface area contributed by atoms with Gasteiger partial charge in [0.1, 0.15) is 22.9 Å². The SMILES string of the molecule is COc1ccc(-c2cc(C(=O)N/N=C(/C)c3ccco3)[nH]n2)cc1. The molecule has 0 aliphatic carbocycles. The lowest BCUT2D eigenvalue weighted by molar-refractivity contribution is 0.0950. The maximum absolute atomic E-state index is 12.1. The van der Waals surface area contributed by atoms with E-state index in [1.807, 2.05) is 24.3 Å². The van der Waals surface area contributed by atoms with Gasteiger partial charge in [0.05, 0.1) is 19.1 Å². The summed E-state index contributed by atoms with van der Waals surface area (Å²) in [6.45, 7) is 1.74. The van der Waals surface area contributed by atoms with Crippen molar-refractivity contribution in [1.29, 1.82) is 0 Å². The summed E-state index contributed by atoms with van der Waals surface area (Å²) in [4.78, 5) is 12.1. The molecule has 0 saturated heterocycles. The van der Waals surface area contributed by atoms with E-state index in [1.165, 1.54) is 0 Å². The number of H-pyrrole nitrogens is 1. The van der Waals surface area contributed by atoms with Crippen molar-refractivity contribution in [2.75, 3.05) is 7.11 Å². The van der Waals surface area contributed by atoms with Crippen molar-refractivity contribution in [3.05, 3.63) is 60.2 Å². The Morgan fingerprint density at radius 3 is 2.75 bits per heavy atom. The molecule has 0 aliphatic rings. The lowest BCUT2D eigenvalue weighted by atomic mass is 10.1. The van der Waals surface area contributed by atoms with E-state index in [1.54, 1.807) is 38.5 Å². The predicted octanol–water partition coefficient (Wildman–Crippen LogP) is 2.83. The molecule has 0 atom stereocenters. The molecule has 24 heavy (non-hydrogen) atoms. The lowest BCUT2D eigenvalue weighted by Crippen LogP contribution is -2.19. The number of furan rings is 1. The number of hydrogen-bond donors (Lipinski definition) is 2. The van der Waals surface area contributed by atoms with Crippen LogP contribution in [0, 0.1) is 0 Å². The number of aromatic amines is 1. The van der Waals surface area contributed by atoms with Crippen LogP contribution in [0.2, 0.25) is 0 Å². The zero-order valence-corrected chi connectivity index (χ0v) is 13.2. The lowest BCUT2D eigenvalue weighted by Gasteiger charge is -2.00. The third kappa shape index (κ3) is 3.35. The van der Waals surface area contributed by atoms with Gasteiger partial charge >= 0.3 is 0 Å². The number of hydrogen-bond acceptors (Lipinski definition) is 5. The number of hydrazone groups is 1. The van der Waals surface area contributed by atoms with Gasteiger partial charge in [0.25, 0.3) is 5.91 Å². The monoisotopic (exact) mass is 324 g/mol. The number of nitrogens with one attached hydrogen (secondary N) is 2. The number of rotatable bonds is 5. The highest BCUT2D eigenvalue weighted by molar-refractivity contribution is 5.98. The summed E-state index contributed by atoms with van der Waals surface area (Å²) in [5.41, 5.74) is 4.89. The van der Waals surface area contributed by atoms with Crippen LogP contribution >= 0.6 is 0 Å². The van der Waals surface area contributed by atoms with E-state index >= 15 is 0 Å². The zero-order chi connectivity index (χ0) is 16.9. The molecule has 0 unspecified atom stereocenters. The Labute approximate surface area is 138 Å². The number of benzene rings is 1. The molecule has 1 amide bonds. The predicted molar refractivity (Wildman–Crippen MR) is 89.0 cm³/mol. The van der Waals surface area contributed by atoms with Crippen LogP contribution in [0.1, 0.15) is 23.2 Å². The van der Waals surface area contributed by atoms with Gasteiger partial charge in [-0.1, -0.05) is 0 Å². The number of nitrogens with zero attached hydrogens (tertiary/aromatic N) is 2. The summed E-state index contributed by atoms with van der Waals surface area (Å²) >= 11 is 0. The Bertz CT molecular complexity index is 848. The quantitative estimate of drug-likeness (QED) is 0.557. The van der Waals surface area contributed by atoms with Crippen LogP contribution in [-0.4, -0.2) is 28.9 Å². The number of amides is 1. The van der Waals surface area contributed by atoms with Crippen molar-refractivity contribution in [3.8, 4) is 17.0 Å². The van der Waals surface area contributed by atoms with Crippen LogP contribution in [-0.2, 0) is 0 Å². The van der Waals surface area contributed by atoms with E-state index in [2.05, 4.69) is 20.7 Å². The molecular formula is C17H16N4O3. The van der Waals surface area contributed by atoms with Crippen molar-refractivity contribution < 1.29 is 13.9 Å². The Kier molecular flexibility index (Phi) is 4.42. The number of carbonyl (C=O) groups excluding carboxylic acids is 1. The molecule has 0 aliphatic heterocycles. The highest BCUT2D eigenvalue weighted by Gasteiger charge is 2.11. The van der Waals surface area contributed by atoms with Crippen molar-refractivity contribution >= 4 is 11.6 Å². The Hall–Kier alpha value is -3.35. The zero-order valence-electron chi connectivity index (χ0n) is 13.2. The van der Waals surface area contributed by atoms with E-state index in [9.17, 15) is 4.79 Å². The van der Waals surface area contributed by atoms with Crippen LogP contribution in [0.5, 0.6) is 5.75 Å². The molecule has 7 heteroatoms. The molecule has 2 N–H and O–H groups in total. The standard InChI is InChI=1S/C17H16N4O3/c1-11(16-4-3-9-24-16)18-21-17(22)15-10-14(19-20-15)12-5-7-13(23-2)8-6-12/h3-10H,1-2H3,(H,19,20)(H,21,22)/b18-11-. The Balaban J connectivity index is 1.70. The second kappa shape index (κ2) is 6.82. The van der Waals surface area contributed by atoms with Gasteiger partial charge in [-0.25, -0.2) is 5.43 Å². The fourth-order valence-electron chi connectivity index (χ4n) is 2.08. The van der Waals surface area contributed by atoms with Crippen LogP contribution in [0.25, 0.3) is 11.3 Å². The Morgan fingerprint density at radius 2 is 2.08 bits per heavy atom. The van der Waals surface area contributed by atoms with Gasteiger partial charge < -0.3 is 9.15 Å². The highest BCUT2D eigenvalue weighted by Crippen LogP contribution is 2.21. The van der Waals surface area contributed by atoms with Gasteiger partial charge in [-0.15, -0.1) is 0 Å². The van der Waals surface area contributed by atoms with Gasteiger partial charge in [0.2, 0.25) is 0 Å². The first kappa shape index (κ1) is 15.5. The third-order valence-corrected chi connectivity index (χ3v) is 3.41. The second-order valence-electron chi connectivity index (χ2n) is 5.01. The normalized spacial score (nSPS) is 11.3. The highest BCUT2D eigenvalue weighted by atomic mass is 16.5. The van der Waals surface area contributed by atoms with Crippen molar-refractivity contribution in [3.63, 3.8) is 0 Å². The van der Waals surface area contributed by atoms with Crippen LogP contribution in [0.4, 0.5) is 0 Å². The molecule has 3 rings (SSSR count). The fraction of sp³-hybridized carbons (Fsp3) is 0.118. The van der Waals surface area contributed by atoms with Crippen LogP contribution in [0.15, 0.2) is 58.2 Å². The van der Waals surface area contributed by atoms with Crippen LogP contribution < -0.4 is 10.2 Å². The largest absolute Gasteiger partial charge is 0.497 e. The summed E-state index contributed by atoms with van der Waals surface area (Å²) in [6.07, 6.45) is 1.55. The van der Waals surface area contributed by atoms with Crippen molar-refractivity contribution in [2.45, 2.75) is 6.92 Å². The summed E-state index contributed by atoms with van der Waals surface area (Å²) < 4.78 is 10.3. The van der Waals surface area contributed by atoms with E-state index < -0.39 is 0 Å². The molecule has 0 bridgehead atoms. The second-order valence-corrected chi connectivity index (χ2v) is 5.01. The topological polar surface area (TPSA) is 92.5 Å². The summed E-state index contributed by atoms with van der Waals surface area (Å²) in [6, 6.07) is 12.6. The molecule has 2 aromatic heterocycles. The first-order valence-electron chi connectivity index (χ1n) is 7.25. The molecule has 0 radical (unpaired) electrons. The summed E-state index contributed by atoms with van der Waals surface area (Å²) in [5, 5.41) is 10.9. The van der Waals surface area contributed by atoms with Gasteiger partial charge in [-0.2, -0.15) is 10.2 Å². The molecule has 7 nitrogen and oxygen atoms in total. The minimum atomic E-state index is -0.381. The average Bonchev–Trinajstić information content (AvgIpc) is 3.31. The smallest absolute Gasteiger partial charge is 0.289 e. The number of carbonyl (C=O) groups is 1. The number of methoxy groups -OCH3 is 1. The first-order valence-corrected chi connectivity index (χ1v) is 7.25. The van der Waals surface area contributed by atoms with Crippen LogP contribution in [0.3, 0.4) is 0 Å². The van der Waals surface area contributed by atoms with Gasteiger partial charge in [-0.3, -0.25) is 9.89 Å². The maximum atomic E-state index is 12.1. The molecule has 2 heterocycles. The summed E-state index contributed by atoms with van der Waals surface area (Å²) in [7, 11) is 1.61. The molecule has 0 fully saturated rings. The minimum Gasteiger partial charge on any atom is -0.497 e. The summed E-state index contributed by atoms with van der Waals surface area (Å²) in [5.74, 6) is 0.974. The average molecular weight is 324 g/mol. The number of ether oxygens (including phenoxy) is 1. The van der Waals surface area contributed by atoms with Gasteiger partial charge in [-0.05, 0) is 49.4 Å². The van der Waals surface area contributed by atoms with E-state index in [0.717, 1.165) is 11.3 Å². The molecule has 122 valence electrons. The molecular weight excluding hydrogens is 308 g/mol.